The summed E-state index contributed by atoms with van der Waals surface area (Å²) in [5.41, 5.74) is 3.45. The Morgan fingerprint density at radius 1 is 1.12 bits per heavy atom. The van der Waals surface area contributed by atoms with Gasteiger partial charge in [-0.05, 0) is 38.8 Å². The molecule has 2 N–H and O–H groups in total. The summed E-state index contributed by atoms with van der Waals surface area (Å²) in [4.78, 5) is 32.3. The predicted molar refractivity (Wildman–Crippen MR) is 129 cm³/mol. The zero-order valence-corrected chi connectivity index (χ0v) is 19.2. The predicted octanol–water partition coefficient (Wildman–Crippen LogP) is 3.46. The highest BCUT2D eigenvalue weighted by Crippen LogP contribution is 2.29. The summed E-state index contributed by atoms with van der Waals surface area (Å²) in [6, 6.07) is 8.16. The zero-order chi connectivity index (χ0) is 22.9. The fourth-order valence-corrected chi connectivity index (χ4v) is 4.39. The number of likely N-dealkylation sites (tertiary alicyclic amines) is 1. The summed E-state index contributed by atoms with van der Waals surface area (Å²) in [6.45, 7) is 6.54. The number of aromatic nitrogens is 6. The molecule has 4 aromatic rings. The Hall–Kier alpha value is -3.69. The van der Waals surface area contributed by atoms with Gasteiger partial charge in [0.25, 0.3) is 0 Å². The van der Waals surface area contributed by atoms with Gasteiger partial charge in [0.05, 0.1) is 11.0 Å². The van der Waals surface area contributed by atoms with Crippen LogP contribution in [0.4, 0.5) is 17.7 Å². The molecule has 172 valence electrons. The standard InChI is InChI=1S/C23H29N9O/c1-15(2)32-21-19(20(25-14-26-21)24-11-7-13-31-12-6-10-18(31)33)28-23(32)29-22-27-16-8-4-5-9-17(16)30(22)3/h4-5,8-9,14-15H,6-7,10-13H2,1-3H3,(H,24,25,26)(H,27,28,29). The number of imidazole rings is 2. The van der Waals surface area contributed by atoms with Crippen molar-refractivity contribution in [2.75, 3.05) is 30.3 Å². The molecule has 33 heavy (non-hydrogen) atoms. The highest BCUT2D eigenvalue weighted by Gasteiger charge is 2.21. The van der Waals surface area contributed by atoms with E-state index in [1.165, 1.54) is 0 Å². The molecule has 0 saturated carbocycles. The summed E-state index contributed by atoms with van der Waals surface area (Å²) < 4.78 is 4.08. The average Bonchev–Trinajstić information content (AvgIpc) is 3.47. The topological polar surface area (TPSA) is 106 Å². The molecule has 10 heteroatoms. The molecule has 1 amide bonds. The molecule has 1 fully saturated rings. The minimum Gasteiger partial charge on any atom is -0.368 e. The molecule has 0 atom stereocenters. The molecular weight excluding hydrogens is 418 g/mol. The second kappa shape index (κ2) is 8.68. The lowest BCUT2D eigenvalue weighted by Crippen LogP contribution is -2.27. The number of carbonyl (C=O) groups excluding carboxylic acids is 1. The van der Waals surface area contributed by atoms with Crippen molar-refractivity contribution in [2.45, 2.75) is 39.2 Å². The number of para-hydroxylation sites is 2. The molecule has 1 saturated heterocycles. The number of amides is 1. The van der Waals surface area contributed by atoms with Gasteiger partial charge in [0.2, 0.25) is 17.8 Å². The van der Waals surface area contributed by atoms with Crippen LogP contribution in [-0.2, 0) is 11.8 Å². The van der Waals surface area contributed by atoms with Crippen molar-refractivity contribution >= 4 is 45.8 Å². The lowest BCUT2D eigenvalue weighted by Gasteiger charge is -2.15. The SMILES string of the molecule is CC(C)n1c(Nc2nc3ccccc3n2C)nc2c(NCCCN3CCCC3=O)ncnc21. The van der Waals surface area contributed by atoms with Crippen LogP contribution in [0.2, 0.25) is 0 Å². The van der Waals surface area contributed by atoms with Gasteiger partial charge in [-0.15, -0.1) is 0 Å². The number of hydrogen-bond acceptors (Lipinski definition) is 7. The second-order valence-corrected chi connectivity index (χ2v) is 8.67. The van der Waals surface area contributed by atoms with Crippen molar-refractivity contribution in [3.63, 3.8) is 0 Å². The van der Waals surface area contributed by atoms with Crippen LogP contribution >= 0.6 is 0 Å². The molecule has 0 spiro atoms. The van der Waals surface area contributed by atoms with Crippen LogP contribution in [0.25, 0.3) is 22.2 Å². The third-order valence-electron chi connectivity index (χ3n) is 6.07. The molecule has 4 heterocycles. The van der Waals surface area contributed by atoms with Gasteiger partial charge in [-0.25, -0.2) is 19.9 Å². The summed E-state index contributed by atoms with van der Waals surface area (Å²) in [6.07, 6.45) is 4.06. The highest BCUT2D eigenvalue weighted by molar-refractivity contribution is 5.86. The number of nitrogens with zero attached hydrogens (tertiary/aromatic N) is 7. The van der Waals surface area contributed by atoms with Gasteiger partial charge < -0.3 is 14.8 Å². The number of anilines is 3. The Balaban J connectivity index is 1.40. The van der Waals surface area contributed by atoms with Crippen LogP contribution in [0.1, 0.15) is 39.2 Å². The number of hydrogen-bond donors (Lipinski definition) is 2. The van der Waals surface area contributed by atoms with E-state index in [0.717, 1.165) is 42.6 Å². The van der Waals surface area contributed by atoms with E-state index in [1.54, 1.807) is 6.33 Å². The molecule has 0 radical (unpaired) electrons. The third kappa shape index (κ3) is 3.96. The smallest absolute Gasteiger partial charge is 0.222 e. The van der Waals surface area contributed by atoms with Crippen LogP contribution in [0.5, 0.6) is 0 Å². The van der Waals surface area contributed by atoms with Crippen molar-refractivity contribution in [3.05, 3.63) is 30.6 Å². The fourth-order valence-electron chi connectivity index (χ4n) is 4.39. The first-order valence-corrected chi connectivity index (χ1v) is 11.5. The number of nitrogens with one attached hydrogen (secondary N) is 2. The quantitative estimate of drug-likeness (QED) is 0.399. The normalized spacial score (nSPS) is 14.2. The molecule has 1 aromatic carbocycles. The minimum atomic E-state index is 0.135. The molecule has 0 unspecified atom stereocenters. The van der Waals surface area contributed by atoms with Crippen molar-refractivity contribution in [3.8, 4) is 0 Å². The Labute approximate surface area is 192 Å². The number of benzene rings is 1. The molecule has 1 aliphatic rings. The first-order chi connectivity index (χ1) is 16.0. The second-order valence-electron chi connectivity index (χ2n) is 8.67. The Bertz CT molecular complexity index is 1310. The summed E-state index contributed by atoms with van der Waals surface area (Å²) >= 11 is 0. The maximum atomic E-state index is 11.8. The van der Waals surface area contributed by atoms with Gasteiger partial charge in [-0.2, -0.15) is 0 Å². The van der Waals surface area contributed by atoms with Crippen molar-refractivity contribution in [2.24, 2.45) is 7.05 Å². The molecule has 10 nitrogen and oxygen atoms in total. The van der Waals surface area contributed by atoms with E-state index in [1.807, 2.05) is 40.8 Å². The summed E-state index contributed by atoms with van der Waals surface area (Å²) in [5, 5.41) is 6.79. The first kappa shape index (κ1) is 21.2. The molecule has 0 aliphatic carbocycles. The molecule has 1 aliphatic heterocycles. The van der Waals surface area contributed by atoms with E-state index >= 15 is 0 Å². The monoisotopic (exact) mass is 447 g/mol. The van der Waals surface area contributed by atoms with Crippen molar-refractivity contribution < 1.29 is 4.79 Å². The largest absolute Gasteiger partial charge is 0.368 e. The highest BCUT2D eigenvalue weighted by atomic mass is 16.2. The van der Waals surface area contributed by atoms with Crippen molar-refractivity contribution in [1.82, 2.24) is 34.0 Å². The molecule has 0 bridgehead atoms. The Kier molecular flexibility index (Phi) is 5.57. The van der Waals surface area contributed by atoms with Gasteiger partial charge in [-0.1, -0.05) is 12.1 Å². The van der Waals surface area contributed by atoms with Crippen LogP contribution in [0.15, 0.2) is 30.6 Å². The molecule has 3 aromatic heterocycles. The van der Waals surface area contributed by atoms with Crippen molar-refractivity contribution in [1.29, 1.82) is 0 Å². The van der Waals surface area contributed by atoms with Crippen LogP contribution in [-0.4, -0.2) is 59.5 Å². The first-order valence-electron chi connectivity index (χ1n) is 11.5. The molecule has 5 rings (SSSR count). The van der Waals surface area contributed by atoms with E-state index in [-0.39, 0.29) is 11.9 Å². The summed E-state index contributed by atoms with van der Waals surface area (Å²) in [5.74, 6) is 2.34. The van der Waals surface area contributed by atoms with E-state index in [4.69, 9.17) is 9.97 Å². The number of rotatable bonds is 8. The van der Waals surface area contributed by atoms with E-state index < -0.39 is 0 Å². The van der Waals surface area contributed by atoms with Gasteiger partial charge in [0, 0.05) is 39.1 Å². The van der Waals surface area contributed by atoms with Gasteiger partial charge in [-0.3, -0.25) is 14.7 Å². The lowest BCUT2D eigenvalue weighted by molar-refractivity contribution is -0.127. The maximum absolute atomic E-state index is 11.8. The zero-order valence-electron chi connectivity index (χ0n) is 19.2. The van der Waals surface area contributed by atoms with E-state index in [9.17, 15) is 4.79 Å². The minimum absolute atomic E-state index is 0.135. The Morgan fingerprint density at radius 3 is 2.73 bits per heavy atom. The average molecular weight is 448 g/mol. The lowest BCUT2D eigenvalue weighted by atomic mass is 10.3. The number of carbonyl (C=O) groups is 1. The number of fused-ring (bicyclic) bond motifs is 2. The van der Waals surface area contributed by atoms with Crippen LogP contribution in [0, 0.1) is 0 Å². The third-order valence-corrected chi connectivity index (χ3v) is 6.07. The summed E-state index contributed by atoms with van der Waals surface area (Å²) in [7, 11) is 1.98. The molecular formula is C23H29N9O. The van der Waals surface area contributed by atoms with E-state index in [0.29, 0.717) is 36.2 Å². The maximum Gasteiger partial charge on any atom is 0.222 e. The Morgan fingerprint density at radius 2 is 1.97 bits per heavy atom. The number of aryl methyl sites for hydroxylation is 1. The van der Waals surface area contributed by atoms with Gasteiger partial charge in [0.15, 0.2) is 17.0 Å². The fraction of sp³-hybridized carbons (Fsp3) is 0.435. The van der Waals surface area contributed by atoms with Gasteiger partial charge in [0.1, 0.15) is 6.33 Å². The van der Waals surface area contributed by atoms with Gasteiger partial charge >= 0.3 is 0 Å². The van der Waals surface area contributed by atoms with Crippen LogP contribution < -0.4 is 10.6 Å². The van der Waals surface area contributed by atoms with E-state index in [2.05, 4.69) is 39.0 Å². The van der Waals surface area contributed by atoms with Crippen LogP contribution in [0.3, 0.4) is 0 Å².